The fourth-order valence-corrected chi connectivity index (χ4v) is 9.72. The van der Waals surface area contributed by atoms with Gasteiger partial charge in [-0.15, -0.1) is 0 Å². The summed E-state index contributed by atoms with van der Waals surface area (Å²) >= 11 is 1.85. The predicted molar refractivity (Wildman–Crippen MR) is 201 cm³/mol. The third kappa shape index (κ3) is 3.59. The van der Waals surface area contributed by atoms with Crippen molar-refractivity contribution in [3.05, 3.63) is 186 Å². The lowest BCUT2D eigenvalue weighted by molar-refractivity contribution is 0.689. The molecule has 0 saturated carbocycles. The van der Waals surface area contributed by atoms with Gasteiger partial charge in [-0.1, -0.05) is 145 Å². The van der Waals surface area contributed by atoms with Gasteiger partial charge in [0.2, 0.25) is 0 Å². The molecule has 2 aliphatic heterocycles. The highest BCUT2D eigenvalue weighted by Crippen LogP contribution is 2.60. The Morgan fingerprint density at radius 1 is 0.469 bits per heavy atom. The van der Waals surface area contributed by atoms with Crippen molar-refractivity contribution in [2.24, 2.45) is 0 Å². The van der Waals surface area contributed by atoms with Crippen LogP contribution in [0.15, 0.2) is 174 Å². The summed E-state index contributed by atoms with van der Waals surface area (Å²) in [7, 11) is 0. The van der Waals surface area contributed by atoms with Gasteiger partial charge >= 0.3 is 0 Å². The third-order valence-electron chi connectivity index (χ3n) is 10.5. The van der Waals surface area contributed by atoms with Crippen molar-refractivity contribution in [1.29, 1.82) is 0 Å². The lowest BCUT2D eigenvalue weighted by atomic mass is 9.62. The van der Waals surface area contributed by atoms with Gasteiger partial charge in [-0.25, -0.2) is 9.97 Å². The van der Waals surface area contributed by atoms with Gasteiger partial charge in [0.05, 0.1) is 33.3 Å². The quantitative estimate of drug-likeness (QED) is 0.188. The second-order valence-electron chi connectivity index (χ2n) is 12.9. The molecule has 0 saturated heterocycles. The lowest BCUT2D eigenvalue weighted by Crippen LogP contribution is -2.37. The summed E-state index contributed by atoms with van der Waals surface area (Å²) in [5.41, 5.74) is 12.5. The van der Waals surface area contributed by atoms with Gasteiger partial charge in [0, 0.05) is 37.1 Å². The first-order chi connectivity index (χ1) is 24.3. The Bertz CT molecular complexity index is 2820. The van der Waals surface area contributed by atoms with Crippen LogP contribution in [0, 0.1) is 0 Å². The molecule has 1 unspecified atom stereocenters. The molecule has 0 N–H and O–H groups in total. The van der Waals surface area contributed by atoms with Crippen molar-refractivity contribution in [2.45, 2.75) is 15.2 Å². The molecular formula is C45H27N3S. The number of hydrogen-bond acceptors (Lipinski definition) is 3. The first-order valence-electron chi connectivity index (χ1n) is 16.7. The number of aromatic nitrogens is 3. The molecule has 228 valence electrons. The lowest BCUT2D eigenvalue weighted by Gasteiger charge is -2.45. The maximum absolute atomic E-state index is 5.24. The van der Waals surface area contributed by atoms with E-state index in [9.17, 15) is 0 Å². The standard InChI is InChI=1S/C45H27N3S/c1-2-13-28(14-3-1)42-32-16-4-8-21-37(32)46-44(47-42)29-25-26-35-41(27-29)49-40-24-11-7-19-34(40)45(35)33-18-6-10-23-39(33)48-38-22-9-5-15-30(38)31-17-12-20-36(45)43(31)48/h1-27H. The second kappa shape index (κ2) is 10.0. The van der Waals surface area contributed by atoms with E-state index < -0.39 is 5.41 Å². The summed E-state index contributed by atoms with van der Waals surface area (Å²) < 4.78 is 2.49. The van der Waals surface area contributed by atoms with Crippen molar-refractivity contribution in [1.82, 2.24) is 14.5 Å². The highest BCUT2D eigenvalue weighted by molar-refractivity contribution is 7.99. The molecule has 0 radical (unpaired) electrons. The second-order valence-corrected chi connectivity index (χ2v) is 14.0. The van der Waals surface area contributed by atoms with Gasteiger partial charge in [0.15, 0.2) is 5.82 Å². The molecular weight excluding hydrogens is 615 g/mol. The van der Waals surface area contributed by atoms with Crippen LogP contribution in [-0.4, -0.2) is 14.5 Å². The number of benzene rings is 7. The van der Waals surface area contributed by atoms with Gasteiger partial charge in [-0.2, -0.15) is 0 Å². The average Bonchev–Trinajstić information content (AvgIpc) is 3.51. The van der Waals surface area contributed by atoms with Gasteiger partial charge in [0.25, 0.3) is 0 Å². The molecule has 2 aromatic heterocycles. The Balaban J connectivity index is 1.22. The van der Waals surface area contributed by atoms with E-state index in [2.05, 4.69) is 162 Å². The van der Waals surface area contributed by atoms with Crippen LogP contribution in [0.3, 0.4) is 0 Å². The monoisotopic (exact) mass is 641 g/mol. The molecule has 9 aromatic rings. The Morgan fingerprint density at radius 2 is 1.16 bits per heavy atom. The molecule has 0 bridgehead atoms. The summed E-state index contributed by atoms with van der Waals surface area (Å²) in [6.07, 6.45) is 0. The van der Waals surface area contributed by atoms with E-state index >= 15 is 0 Å². The molecule has 1 atom stereocenters. The van der Waals surface area contributed by atoms with Crippen LogP contribution in [0.5, 0.6) is 0 Å². The van der Waals surface area contributed by atoms with Crippen molar-refractivity contribution >= 4 is 44.5 Å². The summed E-state index contributed by atoms with van der Waals surface area (Å²) in [6, 6.07) is 59.4. The van der Waals surface area contributed by atoms with E-state index in [1.54, 1.807) is 0 Å². The first kappa shape index (κ1) is 27.0. The molecule has 0 fully saturated rings. The molecule has 7 aromatic carbocycles. The minimum absolute atomic E-state index is 0.504. The van der Waals surface area contributed by atoms with Crippen LogP contribution in [0.25, 0.3) is 61.0 Å². The molecule has 11 rings (SSSR count). The van der Waals surface area contributed by atoms with Crippen LogP contribution in [0.1, 0.15) is 22.3 Å². The van der Waals surface area contributed by atoms with Crippen molar-refractivity contribution < 1.29 is 0 Å². The van der Waals surface area contributed by atoms with E-state index in [4.69, 9.17) is 9.97 Å². The number of hydrogen-bond donors (Lipinski definition) is 0. The van der Waals surface area contributed by atoms with E-state index in [1.165, 1.54) is 59.5 Å². The maximum atomic E-state index is 5.24. The van der Waals surface area contributed by atoms with Crippen molar-refractivity contribution in [2.75, 3.05) is 0 Å². The number of para-hydroxylation sites is 4. The summed E-state index contributed by atoms with van der Waals surface area (Å²) in [6.45, 7) is 0. The smallest absolute Gasteiger partial charge is 0.160 e. The van der Waals surface area contributed by atoms with E-state index in [-0.39, 0.29) is 0 Å². The van der Waals surface area contributed by atoms with Crippen molar-refractivity contribution in [3.63, 3.8) is 0 Å². The van der Waals surface area contributed by atoms with Gasteiger partial charge in [-0.3, -0.25) is 0 Å². The van der Waals surface area contributed by atoms with Crippen LogP contribution in [0.4, 0.5) is 0 Å². The fraction of sp³-hybridized carbons (Fsp3) is 0.0222. The third-order valence-corrected chi connectivity index (χ3v) is 11.6. The van der Waals surface area contributed by atoms with E-state index in [1.807, 2.05) is 17.8 Å². The molecule has 0 amide bonds. The SMILES string of the molecule is c1ccc(-c2nc(-c3ccc4c(c3)Sc3ccccc3C43c4ccccc4-n4c5ccccc5c5cccc3c54)nc3ccccc23)cc1. The zero-order valence-electron chi connectivity index (χ0n) is 26.3. The van der Waals surface area contributed by atoms with Gasteiger partial charge in [0.1, 0.15) is 0 Å². The van der Waals surface area contributed by atoms with Crippen LogP contribution < -0.4 is 0 Å². The highest BCUT2D eigenvalue weighted by atomic mass is 32.2. The zero-order valence-corrected chi connectivity index (χ0v) is 27.2. The molecule has 49 heavy (non-hydrogen) atoms. The van der Waals surface area contributed by atoms with Crippen LogP contribution >= 0.6 is 11.8 Å². The number of fused-ring (bicyclic) bond motifs is 12. The Morgan fingerprint density at radius 3 is 2.08 bits per heavy atom. The number of rotatable bonds is 2. The summed E-state index contributed by atoms with van der Waals surface area (Å²) in [5, 5.41) is 3.62. The Kier molecular flexibility index (Phi) is 5.53. The van der Waals surface area contributed by atoms with E-state index in [0.717, 1.165) is 33.5 Å². The first-order valence-corrected chi connectivity index (χ1v) is 17.5. The molecule has 4 heterocycles. The topological polar surface area (TPSA) is 30.7 Å². The van der Waals surface area contributed by atoms with Crippen LogP contribution in [-0.2, 0) is 5.41 Å². The molecule has 2 aliphatic rings. The normalized spacial score (nSPS) is 15.8. The fourth-order valence-electron chi connectivity index (χ4n) is 8.49. The highest BCUT2D eigenvalue weighted by Gasteiger charge is 2.49. The predicted octanol–water partition coefficient (Wildman–Crippen LogP) is 11.2. The summed E-state index contributed by atoms with van der Waals surface area (Å²) in [5.74, 6) is 0.736. The van der Waals surface area contributed by atoms with E-state index in [0.29, 0.717) is 0 Å². The Hall–Kier alpha value is -5.97. The Labute approximate surface area is 287 Å². The number of nitrogens with zero attached hydrogens (tertiary/aromatic N) is 3. The summed E-state index contributed by atoms with van der Waals surface area (Å²) in [4.78, 5) is 12.9. The molecule has 4 heteroatoms. The largest absolute Gasteiger partial charge is 0.309 e. The minimum atomic E-state index is -0.504. The average molecular weight is 642 g/mol. The molecule has 1 spiro atoms. The minimum Gasteiger partial charge on any atom is -0.309 e. The van der Waals surface area contributed by atoms with Crippen molar-refractivity contribution in [3.8, 4) is 28.3 Å². The maximum Gasteiger partial charge on any atom is 0.160 e. The van der Waals surface area contributed by atoms with Crippen LogP contribution in [0.2, 0.25) is 0 Å². The molecule has 0 aliphatic carbocycles. The zero-order chi connectivity index (χ0) is 32.1. The molecule has 3 nitrogen and oxygen atoms in total. The van der Waals surface area contributed by atoms with Gasteiger partial charge in [-0.05, 0) is 52.6 Å². The van der Waals surface area contributed by atoms with Gasteiger partial charge < -0.3 is 4.57 Å².